The highest BCUT2D eigenvalue weighted by Gasteiger charge is 2.43. The number of rotatable bonds is 4. The van der Waals surface area contributed by atoms with Crippen molar-refractivity contribution < 1.29 is 14.4 Å². The highest BCUT2D eigenvalue weighted by atomic mass is 32.1. The van der Waals surface area contributed by atoms with E-state index in [1.54, 1.807) is 13.8 Å². The summed E-state index contributed by atoms with van der Waals surface area (Å²) in [5, 5.41) is 5.13. The van der Waals surface area contributed by atoms with Gasteiger partial charge in [-0.2, -0.15) is 0 Å². The van der Waals surface area contributed by atoms with Gasteiger partial charge in [0, 0.05) is 11.9 Å². The summed E-state index contributed by atoms with van der Waals surface area (Å²) in [7, 11) is 1.52. The fraction of sp³-hybridized carbons (Fsp3) is 0.400. The van der Waals surface area contributed by atoms with Crippen LogP contribution in [0.3, 0.4) is 0 Å². The van der Waals surface area contributed by atoms with Crippen LogP contribution < -0.4 is 10.6 Å². The largest absolute Gasteiger partial charge is 0.355 e. The number of nitrogens with one attached hydrogen (secondary N) is 2. The zero-order valence-electron chi connectivity index (χ0n) is 12.1. The Morgan fingerprint density at radius 2 is 1.90 bits per heavy atom. The molecule has 2 rings (SSSR count). The summed E-state index contributed by atoms with van der Waals surface area (Å²) in [4.78, 5) is 37.1. The molecular weight excluding hydrogens is 288 g/mol. The van der Waals surface area contributed by atoms with Gasteiger partial charge in [-0.25, -0.2) is 0 Å². The molecule has 1 fully saturated rings. The van der Waals surface area contributed by atoms with E-state index in [4.69, 9.17) is 6.42 Å². The Morgan fingerprint density at radius 1 is 1.29 bits per heavy atom. The first kappa shape index (κ1) is 15.3. The van der Waals surface area contributed by atoms with Crippen LogP contribution in [0.2, 0.25) is 0 Å². The highest BCUT2D eigenvalue weighted by molar-refractivity contribution is 7.15. The molecule has 0 unspecified atom stereocenters. The summed E-state index contributed by atoms with van der Waals surface area (Å²) in [6.07, 6.45) is 6.72. The number of Topliss-reactive ketones (excluding diaryl/α,β-unsaturated/α-hetero) is 1. The number of terminal acetylenes is 1. The normalized spacial score (nSPS) is 15.0. The third kappa shape index (κ3) is 2.69. The summed E-state index contributed by atoms with van der Waals surface area (Å²) >= 11 is 1.15. The minimum atomic E-state index is -0.710. The second kappa shape index (κ2) is 5.34. The van der Waals surface area contributed by atoms with Gasteiger partial charge < -0.3 is 10.6 Å². The number of carbonyl (C=O) groups excluding carboxylic acids is 3. The van der Waals surface area contributed by atoms with Crippen LogP contribution in [0.5, 0.6) is 0 Å². The molecule has 0 saturated heterocycles. The standard InChI is InChI=1S/C15H16N2O3S/c1-5-15(6-7-15)17-14(20)11(18)12-8(2)10(9(3)21-12)13(19)16-4/h1H,6-7H2,2-4H3,(H,16,19)(H,17,20). The summed E-state index contributed by atoms with van der Waals surface area (Å²) in [6, 6.07) is 0. The molecule has 1 aliphatic rings. The molecule has 0 aliphatic heterocycles. The topological polar surface area (TPSA) is 75.3 Å². The molecule has 0 aromatic carbocycles. The first-order valence-corrected chi connectivity index (χ1v) is 7.33. The molecule has 5 nitrogen and oxygen atoms in total. The Hall–Kier alpha value is -2.13. The van der Waals surface area contributed by atoms with E-state index in [0.29, 0.717) is 28.8 Å². The van der Waals surface area contributed by atoms with Crippen LogP contribution in [0.15, 0.2) is 0 Å². The Balaban J connectivity index is 2.26. The molecule has 1 aliphatic carbocycles. The molecule has 0 bridgehead atoms. The zero-order chi connectivity index (χ0) is 15.8. The second-order valence-corrected chi connectivity index (χ2v) is 6.30. The van der Waals surface area contributed by atoms with Crippen molar-refractivity contribution in [1.82, 2.24) is 10.6 Å². The Kier molecular flexibility index (Phi) is 3.88. The maximum atomic E-state index is 12.3. The van der Waals surface area contributed by atoms with Crippen LogP contribution in [0.1, 0.15) is 43.3 Å². The Labute approximate surface area is 127 Å². The second-order valence-electron chi connectivity index (χ2n) is 5.08. The van der Waals surface area contributed by atoms with Crippen LogP contribution in [0.4, 0.5) is 0 Å². The molecular formula is C15H16N2O3S. The molecule has 0 radical (unpaired) electrons. The number of aryl methyl sites for hydroxylation is 1. The van der Waals surface area contributed by atoms with Crippen LogP contribution in [-0.4, -0.2) is 30.2 Å². The number of amides is 2. The molecule has 1 aromatic rings. The Morgan fingerprint density at radius 3 is 2.38 bits per heavy atom. The van der Waals surface area contributed by atoms with E-state index in [1.165, 1.54) is 7.05 Å². The zero-order valence-corrected chi connectivity index (χ0v) is 12.9. The van der Waals surface area contributed by atoms with E-state index < -0.39 is 17.2 Å². The quantitative estimate of drug-likeness (QED) is 0.498. The summed E-state index contributed by atoms with van der Waals surface area (Å²) in [6.45, 7) is 3.42. The van der Waals surface area contributed by atoms with Crippen LogP contribution in [0, 0.1) is 26.2 Å². The van der Waals surface area contributed by atoms with Gasteiger partial charge in [0.1, 0.15) is 5.54 Å². The molecule has 2 N–H and O–H groups in total. The van der Waals surface area contributed by atoms with Gasteiger partial charge in [0.05, 0.1) is 10.4 Å². The van der Waals surface area contributed by atoms with E-state index in [0.717, 1.165) is 11.3 Å². The predicted octanol–water partition coefficient (Wildman–Crippen LogP) is 1.19. The maximum Gasteiger partial charge on any atom is 0.294 e. The molecule has 0 atom stereocenters. The molecule has 0 spiro atoms. The fourth-order valence-corrected chi connectivity index (χ4v) is 3.23. The summed E-state index contributed by atoms with van der Waals surface area (Å²) in [5.74, 6) is 0.891. The molecule has 2 amide bonds. The molecule has 1 aromatic heterocycles. The van der Waals surface area contributed by atoms with Crippen molar-refractivity contribution in [2.75, 3.05) is 7.05 Å². The average molecular weight is 304 g/mol. The number of hydrogen-bond acceptors (Lipinski definition) is 4. The molecule has 110 valence electrons. The van der Waals surface area contributed by atoms with Crippen molar-refractivity contribution in [1.29, 1.82) is 0 Å². The third-order valence-corrected chi connectivity index (χ3v) is 4.77. The molecule has 21 heavy (non-hydrogen) atoms. The fourth-order valence-electron chi connectivity index (χ4n) is 2.14. The van der Waals surface area contributed by atoms with Crippen molar-refractivity contribution >= 4 is 28.9 Å². The van der Waals surface area contributed by atoms with Gasteiger partial charge in [-0.3, -0.25) is 14.4 Å². The Bertz CT molecular complexity index is 678. The van der Waals surface area contributed by atoms with Crippen molar-refractivity contribution in [3.63, 3.8) is 0 Å². The number of ketones is 1. The van der Waals surface area contributed by atoms with Crippen molar-refractivity contribution in [2.45, 2.75) is 32.2 Å². The minimum Gasteiger partial charge on any atom is -0.355 e. The lowest BCUT2D eigenvalue weighted by atomic mass is 10.1. The maximum absolute atomic E-state index is 12.3. The molecule has 6 heteroatoms. The average Bonchev–Trinajstić information content (AvgIpc) is 3.17. The van der Waals surface area contributed by atoms with E-state index in [9.17, 15) is 14.4 Å². The lowest BCUT2D eigenvalue weighted by Crippen LogP contribution is -2.40. The van der Waals surface area contributed by atoms with Gasteiger partial charge >= 0.3 is 0 Å². The summed E-state index contributed by atoms with van der Waals surface area (Å²) in [5.41, 5.74) is 0.329. The van der Waals surface area contributed by atoms with E-state index in [-0.39, 0.29) is 10.8 Å². The third-order valence-electron chi connectivity index (χ3n) is 3.57. The van der Waals surface area contributed by atoms with Gasteiger partial charge in [0.25, 0.3) is 17.6 Å². The highest BCUT2D eigenvalue weighted by Crippen LogP contribution is 2.34. The van der Waals surface area contributed by atoms with E-state index >= 15 is 0 Å². The van der Waals surface area contributed by atoms with E-state index in [2.05, 4.69) is 16.6 Å². The molecule has 1 saturated carbocycles. The lowest BCUT2D eigenvalue weighted by molar-refractivity contribution is -0.117. The summed E-state index contributed by atoms with van der Waals surface area (Å²) < 4.78 is 0. The van der Waals surface area contributed by atoms with Crippen molar-refractivity contribution in [2.24, 2.45) is 0 Å². The molecule has 1 heterocycles. The van der Waals surface area contributed by atoms with Gasteiger partial charge in [-0.1, -0.05) is 5.92 Å². The minimum absolute atomic E-state index is 0.261. The smallest absolute Gasteiger partial charge is 0.294 e. The SMILES string of the molecule is C#CC1(NC(=O)C(=O)c2sc(C)c(C(=O)NC)c2C)CC1. The first-order chi connectivity index (χ1) is 9.85. The van der Waals surface area contributed by atoms with Crippen LogP contribution >= 0.6 is 11.3 Å². The lowest BCUT2D eigenvalue weighted by Gasteiger charge is -2.09. The predicted molar refractivity (Wildman–Crippen MR) is 80.5 cm³/mol. The van der Waals surface area contributed by atoms with Gasteiger partial charge in [-0.05, 0) is 32.3 Å². The number of hydrogen-bond donors (Lipinski definition) is 2. The van der Waals surface area contributed by atoms with Crippen LogP contribution in [-0.2, 0) is 4.79 Å². The van der Waals surface area contributed by atoms with Gasteiger partial charge in [-0.15, -0.1) is 17.8 Å². The van der Waals surface area contributed by atoms with E-state index in [1.807, 2.05) is 0 Å². The van der Waals surface area contributed by atoms with Crippen LogP contribution in [0.25, 0.3) is 0 Å². The number of thiophene rings is 1. The van der Waals surface area contributed by atoms with Crippen molar-refractivity contribution in [3.8, 4) is 12.3 Å². The first-order valence-electron chi connectivity index (χ1n) is 6.52. The number of carbonyl (C=O) groups is 3. The van der Waals surface area contributed by atoms with Gasteiger partial charge in [0.2, 0.25) is 0 Å². The van der Waals surface area contributed by atoms with Crippen molar-refractivity contribution in [3.05, 3.63) is 20.9 Å². The monoisotopic (exact) mass is 304 g/mol. The van der Waals surface area contributed by atoms with Gasteiger partial charge in [0.15, 0.2) is 0 Å².